The third-order valence-corrected chi connectivity index (χ3v) is 9.48. The number of hydrogen-bond acceptors (Lipinski definition) is 8. The molecule has 15 heteroatoms. The second-order valence-corrected chi connectivity index (χ2v) is 14.5. The van der Waals surface area contributed by atoms with Crippen LogP contribution in [-0.4, -0.2) is 48.5 Å². The first-order valence-electron chi connectivity index (χ1n) is 12.2. The van der Waals surface area contributed by atoms with Crippen molar-refractivity contribution in [2.24, 2.45) is 5.41 Å². The average molecular weight is 644 g/mol. The van der Waals surface area contributed by atoms with E-state index < -0.39 is 44.2 Å². The van der Waals surface area contributed by atoms with Gasteiger partial charge < -0.3 is 9.15 Å². The first-order valence-corrected chi connectivity index (χ1v) is 15.3. The van der Waals surface area contributed by atoms with E-state index >= 15 is 0 Å². The summed E-state index contributed by atoms with van der Waals surface area (Å²) < 4.78 is 78.5. The van der Waals surface area contributed by atoms with Crippen LogP contribution in [-0.2, 0) is 27.6 Å². The molecular weight excluding hydrogens is 612 g/mol. The maximum absolute atomic E-state index is 13.2. The van der Waals surface area contributed by atoms with Crippen molar-refractivity contribution < 1.29 is 30.7 Å². The van der Waals surface area contributed by atoms with Gasteiger partial charge in [-0.3, -0.25) is 0 Å². The van der Waals surface area contributed by atoms with E-state index in [-0.39, 0.29) is 16.3 Å². The minimum atomic E-state index is -4.78. The molecule has 0 aliphatic heterocycles. The molecule has 1 atom stereocenters. The summed E-state index contributed by atoms with van der Waals surface area (Å²) in [6.07, 6.45) is -4.39. The van der Waals surface area contributed by atoms with E-state index in [0.717, 1.165) is 6.07 Å². The fourth-order valence-electron chi connectivity index (χ4n) is 3.66. The van der Waals surface area contributed by atoms with Crippen LogP contribution in [0.5, 0.6) is 0 Å². The number of halogens is 5. The molecule has 0 aliphatic rings. The predicted molar refractivity (Wildman–Crippen MR) is 149 cm³/mol. The van der Waals surface area contributed by atoms with Gasteiger partial charge in [0, 0.05) is 25.5 Å². The van der Waals surface area contributed by atoms with E-state index in [1.165, 1.54) is 24.3 Å². The molecule has 0 amide bonds. The molecule has 3 aromatic rings. The van der Waals surface area contributed by atoms with Crippen LogP contribution in [0.2, 0.25) is 10.0 Å². The molecule has 222 valence electrons. The zero-order chi connectivity index (χ0) is 30.3. The number of methoxy groups -OCH3 is 1. The van der Waals surface area contributed by atoms with Crippen molar-refractivity contribution in [3.63, 3.8) is 0 Å². The Balaban J connectivity index is 2.09. The SMILES string of the molecule is CC[C@H](NS(=O)(=O)c1ccc(-c2sc(-c3nnc(CC(C)(C)C)o3)nc2CC(C)(C)OC)c(Cl)c1Cl)C(F)(F)F. The number of ether oxygens (including phenoxy) is 1. The van der Waals surface area contributed by atoms with Gasteiger partial charge in [0.05, 0.1) is 26.2 Å². The number of rotatable bonds is 10. The van der Waals surface area contributed by atoms with Crippen molar-refractivity contribution in [2.75, 3.05) is 7.11 Å². The van der Waals surface area contributed by atoms with Crippen LogP contribution in [0.3, 0.4) is 0 Å². The standard InChI is InChI=1S/C25H31Cl2F3N4O4S2/c1-8-16(25(28,29)30)34-40(35,36)15-10-9-13(18(26)19(15)27)20-14(11-24(5,6)37-7)31-22(39-20)21-33-32-17(38-21)12-23(2,3)4/h9-10,16,34H,8,11-12H2,1-7H3/t16-/m0/s1. The number of alkyl halides is 3. The Hall–Kier alpha value is -1.77. The summed E-state index contributed by atoms with van der Waals surface area (Å²) in [7, 11) is -3.09. The minimum absolute atomic E-state index is 0.0794. The number of benzene rings is 1. The quantitative estimate of drug-likeness (QED) is 0.246. The Morgan fingerprint density at radius 1 is 1.07 bits per heavy atom. The van der Waals surface area contributed by atoms with E-state index in [2.05, 4.69) is 10.2 Å². The van der Waals surface area contributed by atoms with Gasteiger partial charge >= 0.3 is 6.18 Å². The lowest BCUT2D eigenvalue weighted by Crippen LogP contribution is -2.44. The van der Waals surface area contributed by atoms with Crippen LogP contribution < -0.4 is 4.72 Å². The molecule has 0 radical (unpaired) electrons. The maximum atomic E-state index is 13.2. The second kappa shape index (κ2) is 11.8. The third kappa shape index (κ3) is 7.74. The van der Waals surface area contributed by atoms with Gasteiger partial charge in [-0.1, -0.05) is 57.0 Å². The van der Waals surface area contributed by atoms with Crippen molar-refractivity contribution >= 4 is 44.6 Å². The topological polar surface area (TPSA) is 107 Å². The summed E-state index contributed by atoms with van der Waals surface area (Å²) in [5, 5.41) is 8.10. The summed E-state index contributed by atoms with van der Waals surface area (Å²) in [6.45, 7) is 11.1. The van der Waals surface area contributed by atoms with E-state index in [1.807, 2.05) is 34.6 Å². The number of aromatic nitrogens is 3. The molecule has 2 heterocycles. The molecule has 40 heavy (non-hydrogen) atoms. The Bertz CT molecular complexity index is 1470. The molecule has 1 N–H and O–H groups in total. The van der Waals surface area contributed by atoms with Gasteiger partial charge in [0.25, 0.3) is 5.89 Å². The van der Waals surface area contributed by atoms with Gasteiger partial charge in [0.15, 0.2) is 5.01 Å². The van der Waals surface area contributed by atoms with Crippen molar-refractivity contribution in [1.82, 2.24) is 19.9 Å². The fraction of sp³-hybridized carbons (Fsp3) is 0.560. The van der Waals surface area contributed by atoms with Gasteiger partial charge in [-0.25, -0.2) is 13.4 Å². The highest BCUT2D eigenvalue weighted by atomic mass is 35.5. The number of nitrogens with one attached hydrogen (secondary N) is 1. The van der Waals surface area contributed by atoms with Crippen LogP contribution in [0.15, 0.2) is 21.4 Å². The molecule has 0 bridgehead atoms. The Labute approximate surface area is 245 Å². The van der Waals surface area contributed by atoms with E-state index in [9.17, 15) is 21.6 Å². The summed E-state index contributed by atoms with van der Waals surface area (Å²) in [5.74, 6) is 0.653. The molecule has 8 nitrogen and oxygen atoms in total. The summed E-state index contributed by atoms with van der Waals surface area (Å²) in [4.78, 5) is 4.68. The highest BCUT2D eigenvalue weighted by molar-refractivity contribution is 7.89. The summed E-state index contributed by atoms with van der Waals surface area (Å²) >= 11 is 14.1. The molecule has 1 aromatic carbocycles. The van der Waals surface area contributed by atoms with Gasteiger partial charge in [0.1, 0.15) is 10.9 Å². The highest BCUT2D eigenvalue weighted by Crippen LogP contribution is 2.44. The lowest BCUT2D eigenvalue weighted by molar-refractivity contribution is -0.151. The first-order chi connectivity index (χ1) is 18.3. The highest BCUT2D eigenvalue weighted by Gasteiger charge is 2.41. The number of hydrogen-bond donors (Lipinski definition) is 1. The maximum Gasteiger partial charge on any atom is 0.404 e. The summed E-state index contributed by atoms with van der Waals surface area (Å²) in [6, 6.07) is 0.223. The first kappa shape index (κ1) is 32.7. The normalized spacial score (nSPS) is 14.1. The lowest BCUT2D eigenvalue weighted by Gasteiger charge is -2.22. The molecular formula is C25H31Cl2F3N4O4S2. The zero-order valence-corrected chi connectivity index (χ0v) is 26.2. The molecule has 0 unspecified atom stereocenters. The minimum Gasteiger partial charge on any atom is -0.419 e. The van der Waals surface area contributed by atoms with E-state index in [4.69, 9.17) is 37.3 Å². The van der Waals surface area contributed by atoms with Crippen molar-refractivity contribution in [3.8, 4) is 21.3 Å². The fourth-order valence-corrected chi connectivity index (χ4v) is 6.92. The molecule has 0 fully saturated rings. The number of nitrogens with zero attached hydrogens (tertiary/aromatic N) is 3. The Morgan fingerprint density at radius 2 is 1.73 bits per heavy atom. The molecule has 0 aliphatic carbocycles. The lowest BCUT2D eigenvalue weighted by atomic mass is 9.92. The van der Waals surface area contributed by atoms with Gasteiger partial charge in [-0.2, -0.15) is 17.9 Å². The second-order valence-electron chi connectivity index (χ2n) is 11.0. The van der Waals surface area contributed by atoms with Crippen LogP contribution in [0, 0.1) is 5.41 Å². The van der Waals surface area contributed by atoms with Gasteiger partial charge in [-0.15, -0.1) is 21.5 Å². The number of thiazole rings is 1. The van der Waals surface area contributed by atoms with E-state index in [0.29, 0.717) is 39.9 Å². The van der Waals surface area contributed by atoms with Crippen LogP contribution in [0.25, 0.3) is 21.3 Å². The smallest absolute Gasteiger partial charge is 0.404 e. The molecule has 0 saturated heterocycles. The van der Waals surface area contributed by atoms with Gasteiger partial charge in [0.2, 0.25) is 15.9 Å². The van der Waals surface area contributed by atoms with Crippen LogP contribution in [0.1, 0.15) is 59.5 Å². The Kier molecular flexibility index (Phi) is 9.70. The van der Waals surface area contributed by atoms with Crippen molar-refractivity contribution in [2.45, 2.75) is 83.5 Å². The van der Waals surface area contributed by atoms with Crippen LogP contribution >= 0.6 is 34.5 Å². The third-order valence-electron chi connectivity index (χ3n) is 5.86. The average Bonchev–Trinajstić information content (AvgIpc) is 3.44. The summed E-state index contributed by atoms with van der Waals surface area (Å²) in [5.41, 5.74) is 0.178. The molecule has 3 rings (SSSR count). The van der Waals surface area contributed by atoms with Crippen molar-refractivity contribution in [3.05, 3.63) is 33.8 Å². The molecule has 0 saturated carbocycles. The predicted octanol–water partition coefficient (Wildman–Crippen LogP) is 7.34. The van der Waals surface area contributed by atoms with Crippen LogP contribution in [0.4, 0.5) is 13.2 Å². The monoisotopic (exact) mass is 642 g/mol. The number of sulfonamides is 1. The zero-order valence-electron chi connectivity index (χ0n) is 23.0. The van der Waals surface area contributed by atoms with Gasteiger partial charge in [-0.05, 0) is 31.7 Å². The molecule has 0 spiro atoms. The Morgan fingerprint density at radius 3 is 2.27 bits per heavy atom. The molecule has 2 aromatic heterocycles. The van der Waals surface area contributed by atoms with Crippen molar-refractivity contribution in [1.29, 1.82) is 0 Å². The van der Waals surface area contributed by atoms with E-state index in [1.54, 1.807) is 11.8 Å². The largest absolute Gasteiger partial charge is 0.419 e.